The molecule has 0 bridgehead atoms. The summed E-state index contributed by atoms with van der Waals surface area (Å²) in [5, 5.41) is 3.32. The summed E-state index contributed by atoms with van der Waals surface area (Å²) in [7, 11) is -3.07. The molecule has 0 amide bonds. The normalized spacial score (nSPS) is 13.8. The van der Waals surface area contributed by atoms with Crippen LogP contribution in [0.4, 0.5) is 0 Å². The first-order valence-corrected chi connectivity index (χ1v) is 8.40. The minimum absolute atomic E-state index is 0.241. The van der Waals surface area contributed by atoms with Crippen molar-refractivity contribution >= 4 is 33.0 Å². The van der Waals surface area contributed by atoms with E-state index in [4.69, 9.17) is 11.6 Å². The van der Waals surface area contributed by atoms with E-state index < -0.39 is 10.0 Å². The van der Waals surface area contributed by atoms with Gasteiger partial charge in [-0.05, 0) is 32.0 Å². The Balaban J connectivity index is 2.19. The van der Waals surface area contributed by atoms with Crippen molar-refractivity contribution in [2.24, 2.45) is 0 Å². The monoisotopic (exact) mass is 296 g/mol. The fourth-order valence-electron chi connectivity index (χ4n) is 1.33. The third-order valence-electron chi connectivity index (χ3n) is 2.19. The number of sulfonamides is 1. The van der Waals surface area contributed by atoms with E-state index >= 15 is 0 Å². The van der Waals surface area contributed by atoms with Gasteiger partial charge >= 0.3 is 0 Å². The average molecular weight is 297 g/mol. The Labute approximate surface area is 111 Å². The van der Waals surface area contributed by atoms with Gasteiger partial charge in [-0.3, -0.25) is 0 Å². The highest BCUT2D eigenvalue weighted by molar-refractivity contribution is 7.88. The molecule has 0 saturated carbocycles. The van der Waals surface area contributed by atoms with Crippen LogP contribution in [0.5, 0.6) is 0 Å². The van der Waals surface area contributed by atoms with E-state index in [1.807, 2.05) is 12.1 Å². The minimum Gasteiger partial charge on any atom is -0.309 e. The molecule has 0 radical (unpaired) electrons. The van der Waals surface area contributed by atoms with Gasteiger partial charge in [0.05, 0.1) is 10.6 Å². The number of hydrogen-bond donors (Lipinski definition) is 2. The molecular formula is C10H17ClN2O2S2. The maximum atomic E-state index is 10.8. The predicted octanol–water partition coefficient (Wildman–Crippen LogP) is 1.99. The number of hydrogen-bond acceptors (Lipinski definition) is 4. The zero-order valence-electron chi connectivity index (χ0n) is 9.86. The summed E-state index contributed by atoms with van der Waals surface area (Å²) in [6.07, 6.45) is 1.92. The second-order valence-electron chi connectivity index (χ2n) is 3.84. The minimum atomic E-state index is -3.07. The van der Waals surface area contributed by atoms with Crippen LogP contribution >= 0.6 is 22.9 Å². The molecule has 1 rings (SSSR count). The molecule has 1 atom stereocenters. The molecule has 0 saturated heterocycles. The van der Waals surface area contributed by atoms with Gasteiger partial charge in [-0.2, -0.15) is 0 Å². The van der Waals surface area contributed by atoms with Crippen molar-refractivity contribution in [3.63, 3.8) is 0 Å². The lowest BCUT2D eigenvalue weighted by atomic mass is 10.2. The molecular weight excluding hydrogens is 280 g/mol. The maximum Gasteiger partial charge on any atom is 0.208 e. The number of halogens is 1. The van der Waals surface area contributed by atoms with Gasteiger partial charge < -0.3 is 5.32 Å². The average Bonchev–Trinajstić information content (AvgIpc) is 2.62. The van der Waals surface area contributed by atoms with Crippen LogP contribution in [0.2, 0.25) is 4.34 Å². The molecule has 0 fully saturated rings. The van der Waals surface area contributed by atoms with Crippen LogP contribution in [0.15, 0.2) is 12.1 Å². The molecule has 7 heteroatoms. The van der Waals surface area contributed by atoms with Crippen LogP contribution in [0.25, 0.3) is 0 Å². The first-order chi connectivity index (χ1) is 7.88. The van der Waals surface area contributed by atoms with Gasteiger partial charge in [0.15, 0.2) is 0 Å². The van der Waals surface area contributed by atoms with Gasteiger partial charge in [0.25, 0.3) is 0 Å². The van der Waals surface area contributed by atoms with Crippen molar-refractivity contribution in [2.45, 2.75) is 19.4 Å². The zero-order valence-corrected chi connectivity index (χ0v) is 12.3. The molecule has 4 nitrogen and oxygen atoms in total. The van der Waals surface area contributed by atoms with Gasteiger partial charge in [-0.15, -0.1) is 11.3 Å². The van der Waals surface area contributed by atoms with Crippen LogP contribution < -0.4 is 10.0 Å². The quantitative estimate of drug-likeness (QED) is 0.757. The van der Waals surface area contributed by atoms with Crippen molar-refractivity contribution < 1.29 is 8.42 Å². The van der Waals surface area contributed by atoms with Crippen LogP contribution in [-0.2, 0) is 10.0 Å². The number of nitrogens with one attached hydrogen (secondary N) is 2. The topological polar surface area (TPSA) is 58.2 Å². The summed E-state index contributed by atoms with van der Waals surface area (Å²) >= 11 is 7.41. The summed E-state index contributed by atoms with van der Waals surface area (Å²) in [4.78, 5) is 1.19. The largest absolute Gasteiger partial charge is 0.309 e. The molecule has 0 aromatic carbocycles. The second kappa shape index (κ2) is 6.70. The zero-order chi connectivity index (χ0) is 12.9. The lowest BCUT2D eigenvalue weighted by molar-refractivity contribution is 0.553. The predicted molar refractivity (Wildman–Crippen MR) is 73.2 cm³/mol. The van der Waals surface area contributed by atoms with E-state index in [1.165, 1.54) is 4.88 Å². The Bertz CT molecular complexity index is 445. The van der Waals surface area contributed by atoms with Crippen molar-refractivity contribution in [3.8, 4) is 0 Å². The molecule has 1 aromatic rings. The third kappa shape index (κ3) is 6.38. The lowest BCUT2D eigenvalue weighted by Gasteiger charge is -2.11. The van der Waals surface area contributed by atoms with Gasteiger partial charge in [0, 0.05) is 17.5 Å². The maximum absolute atomic E-state index is 10.8. The van der Waals surface area contributed by atoms with Gasteiger partial charge in [0.1, 0.15) is 0 Å². The summed E-state index contributed by atoms with van der Waals surface area (Å²) in [6, 6.07) is 4.12. The molecule has 98 valence electrons. The molecule has 1 aromatic heterocycles. The van der Waals surface area contributed by atoms with Crippen LogP contribution in [0.1, 0.15) is 24.3 Å². The first-order valence-electron chi connectivity index (χ1n) is 5.32. The Hall–Kier alpha value is -0.140. The summed E-state index contributed by atoms with van der Waals surface area (Å²) in [5.74, 6) is 0. The molecule has 1 heterocycles. The highest BCUT2D eigenvalue weighted by Crippen LogP contribution is 2.26. The van der Waals surface area contributed by atoms with Crippen LogP contribution in [0, 0.1) is 0 Å². The molecule has 1 unspecified atom stereocenters. The fourth-order valence-corrected chi connectivity index (χ4v) is 2.93. The van der Waals surface area contributed by atoms with E-state index in [1.54, 1.807) is 11.3 Å². The highest BCUT2D eigenvalue weighted by Gasteiger charge is 2.07. The molecule has 0 aliphatic rings. The fraction of sp³-hybridized carbons (Fsp3) is 0.600. The summed E-state index contributed by atoms with van der Waals surface area (Å²) < 4.78 is 24.9. The van der Waals surface area contributed by atoms with Gasteiger partial charge in [0.2, 0.25) is 10.0 Å². The van der Waals surface area contributed by atoms with Crippen molar-refractivity contribution in [1.29, 1.82) is 0 Å². The Kier molecular flexibility index (Phi) is 5.88. The molecule has 0 spiro atoms. The lowest BCUT2D eigenvalue weighted by Crippen LogP contribution is -2.27. The molecule has 0 aliphatic carbocycles. The standard InChI is InChI=1S/C10H17ClN2O2S2/c1-8(9-4-5-10(11)16-9)12-6-3-7-13-17(2,14)15/h4-5,8,12-13H,3,6-7H2,1-2H3. The SMILES string of the molecule is CC(NCCCNS(C)(=O)=O)c1ccc(Cl)s1. The van der Waals surface area contributed by atoms with Gasteiger partial charge in [-0.1, -0.05) is 11.6 Å². The van der Waals surface area contributed by atoms with Crippen molar-refractivity contribution in [1.82, 2.24) is 10.0 Å². The van der Waals surface area contributed by atoms with E-state index in [0.29, 0.717) is 6.54 Å². The summed E-state index contributed by atoms with van der Waals surface area (Å²) in [6.45, 7) is 3.29. The van der Waals surface area contributed by atoms with Crippen molar-refractivity contribution in [2.75, 3.05) is 19.3 Å². The molecule has 17 heavy (non-hydrogen) atoms. The molecule has 0 aliphatic heterocycles. The van der Waals surface area contributed by atoms with E-state index in [9.17, 15) is 8.42 Å². The number of thiophene rings is 1. The van der Waals surface area contributed by atoms with Crippen LogP contribution in [-0.4, -0.2) is 27.8 Å². The van der Waals surface area contributed by atoms with Crippen molar-refractivity contribution in [3.05, 3.63) is 21.3 Å². The summed E-state index contributed by atoms with van der Waals surface area (Å²) in [5.41, 5.74) is 0. The van der Waals surface area contributed by atoms with E-state index in [0.717, 1.165) is 23.6 Å². The third-order valence-corrected chi connectivity index (χ3v) is 4.33. The first kappa shape index (κ1) is 14.9. The molecule has 2 N–H and O–H groups in total. The van der Waals surface area contributed by atoms with Crippen LogP contribution in [0.3, 0.4) is 0 Å². The van der Waals surface area contributed by atoms with E-state index in [-0.39, 0.29) is 6.04 Å². The van der Waals surface area contributed by atoms with Gasteiger partial charge in [-0.25, -0.2) is 13.1 Å². The number of rotatable bonds is 7. The Morgan fingerprint density at radius 1 is 1.41 bits per heavy atom. The highest BCUT2D eigenvalue weighted by atomic mass is 35.5. The Morgan fingerprint density at radius 2 is 2.12 bits per heavy atom. The van der Waals surface area contributed by atoms with E-state index in [2.05, 4.69) is 17.0 Å². The Morgan fingerprint density at radius 3 is 2.65 bits per heavy atom. The second-order valence-corrected chi connectivity index (χ2v) is 7.42. The smallest absolute Gasteiger partial charge is 0.208 e.